The number of allylic oxidation sites excluding steroid dienone is 3. The van der Waals surface area contributed by atoms with Crippen LogP contribution in [0.15, 0.2) is 65.8 Å². The Morgan fingerprint density at radius 3 is 2.24 bits per heavy atom. The third-order valence-electron chi connectivity index (χ3n) is 15.4. The highest BCUT2D eigenvalue weighted by atomic mass is 28.4. The van der Waals surface area contributed by atoms with Gasteiger partial charge >= 0.3 is 0 Å². The van der Waals surface area contributed by atoms with Crippen LogP contribution in [0.3, 0.4) is 0 Å². The van der Waals surface area contributed by atoms with E-state index in [2.05, 4.69) is 118 Å². The molecule has 1 saturated heterocycles. The largest absolute Gasteiger partial charge is 0.413 e. The maximum absolute atomic E-state index is 13.4. The number of hydrogen-bond acceptors (Lipinski definition) is 4. The molecular formula is C47H77NO4Si2. The van der Waals surface area contributed by atoms with Gasteiger partial charge in [-0.3, -0.25) is 4.79 Å². The first-order chi connectivity index (χ1) is 24.9. The molecule has 5 nitrogen and oxygen atoms in total. The predicted molar refractivity (Wildman–Crippen MR) is 232 cm³/mol. The molecule has 0 radical (unpaired) electrons. The van der Waals surface area contributed by atoms with Gasteiger partial charge in [-0.05, 0) is 134 Å². The van der Waals surface area contributed by atoms with Crippen molar-refractivity contribution in [2.24, 2.45) is 23.2 Å². The highest BCUT2D eigenvalue weighted by Crippen LogP contribution is 2.60. The van der Waals surface area contributed by atoms with Crippen LogP contribution in [-0.4, -0.2) is 62.9 Å². The summed E-state index contributed by atoms with van der Waals surface area (Å²) in [5.74, 6) is 1.56. The molecule has 0 unspecified atom stereocenters. The first-order valence-corrected chi connectivity index (χ1v) is 27.2. The van der Waals surface area contributed by atoms with Gasteiger partial charge in [0.15, 0.2) is 16.6 Å². The Kier molecular flexibility index (Phi) is 12.7. The van der Waals surface area contributed by atoms with Crippen molar-refractivity contribution in [1.82, 2.24) is 4.90 Å². The molecule has 1 aromatic carbocycles. The van der Waals surface area contributed by atoms with Gasteiger partial charge in [0.2, 0.25) is 0 Å². The molecule has 54 heavy (non-hydrogen) atoms. The van der Waals surface area contributed by atoms with Crippen molar-refractivity contribution in [3.63, 3.8) is 0 Å². The van der Waals surface area contributed by atoms with Gasteiger partial charge in [-0.25, -0.2) is 0 Å². The van der Waals surface area contributed by atoms with Gasteiger partial charge in [0.05, 0.1) is 12.2 Å². The van der Waals surface area contributed by atoms with E-state index in [0.717, 1.165) is 31.3 Å². The van der Waals surface area contributed by atoms with E-state index >= 15 is 0 Å². The van der Waals surface area contributed by atoms with Crippen molar-refractivity contribution >= 4 is 22.5 Å². The van der Waals surface area contributed by atoms with Crippen LogP contribution in [0.4, 0.5) is 0 Å². The lowest BCUT2D eigenvalue weighted by molar-refractivity contribution is -0.142. The SMILES string of the molecule is C=C1/C(=C\C=C2/CCC[C@]3(C)[C@@H]([C@H](C)C[C@H]4C[C@](C)(O)C(=O)N4CCc4ccccc4)CC[C@@H]23)C[C@@H](O[Si](C)(C)C(C)(C)C)C[C@@H]1O[Si](C)(C)C(C)(C)C. The number of fused-ring (bicyclic) bond motifs is 1. The molecule has 5 rings (SSSR count). The topological polar surface area (TPSA) is 59.0 Å². The number of aliphatic hydroxyl groups is 1. The second kappa shape index (κ2) is 15.9. The molecule has 4 fully saturated rings. The summed E-state index contributed by atoms with van der Waals surface area (Å²) < 4.78 is 14.2. The summed E-state index contributed by atoms with van der Waals surface area (Å²) in [6.45, 7) is 35.5. The molecule has 1 amide bonds. The second-order valence-electron chi connectivity index (χ2n) is 21.4. The van der Waals surface area contributed by atoms with Crippen molar-refractivity contribution in [2.75, 3.05) is 6.54 Å². The minimum Gasteiger partial charge on any atom is -0.413 e. The van der Waals surface area contributed by atoms with E-state index < -0.39 is 22.2 Å². The zero-order valence-electron chi connectivity index (χ0n) is 36.6. The van der Waals surface area contributed by atoms with Gasteiger partial charge in [0.25, 0.3) is 5.91 Å². The van der Waals surface area contributed by atoms with E-state index in [1.165, 1.54) is 43.2 Å². The third kappa shape index (κ3) is 9.17. The van der Waals surface area contributed by atoms with E-state index in [4.69, 9.17) is 15.4 Å². The number of carbonyl (C=O) groups is 1. The first-order valence-electron chi connectivity index (χ1n) is 21.4. The van der Waals surface area contributed by atoms with Crippen molar-refractivity contribution < 1.29 is 18.8 Å². The molecular weight excluding hydrogens is 699 g/mol. The quantitative estimate of drug-likeness (QED) is 0.227. The van der Waals surface area contributed by atoms with Crippen LogP contribution >= 0.6 is 0 Å². The van der Waals surface area contributed by atoms with Crippen molar-refractivity contribution in [3.05, 3.63) is 71.3 Å². The van der Waals surface area contributed by atoms with Crippen LogP contribution < -0.4 is 0 Å². The number of benzene rings is 1. The average Bonchev–Trinajstić information content (AvgIpc) is 3.51. The van der Waals surface area contributed by atoms with Crippen LogP contribution in [0, 0.1) is 23.2 Å². The molecule has 0 aromatic heterocycles. The minimum atomic E-state index is -2.02. The molecule has 7 heteroatoms. The number of rotatable bonds is 11. The molecule has 1 N–H and O–H groups in total. The van der Waals surface area contributed by atoms with Crippen LogP contribution in [0.2, 0.25) is 36.3 Å². The number of amides is 1. The highest BCUT2D eigenvalue weighted by molar-refractivity contribution is 6.74. The standard InChI is InChI=1S/C47H77NO4Si2/c1-33(29-38-32-47(10,50)43(49)48(38)28-26-35-19-16-15-17-20-35)40-24-25-41-36(21-18-27-46(40,41)9)22-23-37-30-39(51-53(11,12)44(3,4)5)31-42(34(37)2)52-54(13,14)45(6,7)8/h15-17,19-20,22-23,33,38-42,50H,2,18,21,24-32H2,1,3-14H3/b36-22+,37-23-/t33-,38+,39-,40-,41+,42+,46-,47+/m1/s1. The Hall–Kier alpha value is -1.78. The van der Waals surface area contributed by atoms with E-state index in [0.29, 0.717) is 30.7 Å². The first kappa shape index (κ1) is 43.3. The Bertz CT molecular complexity index is 1560. The summed E-state index contributed by atoms with van der Waals surface area (Å²) >= 11 is 0. The lowest BCUT2D eigenvalue weighted by Crippen LogP contribution is -2.49. The lowest BCUT2D eigenvalue weighted by atomic mass is 9.60. The number of nitrogens with zero attached hydrogens (tertiary/aromatic N) is 1. The summed E-state index contributed by atoms with van der Waals surface area (Å²) in [7, 11) is -4.00. The molecule has 0 spiro atoms. The van der Waals surface area contributed by atoms with Gasteiger partial charge in [-0.2, -0.15) is 0 Å². The summed E-state index contributed by atoms with van der Waals surface area (Å²) in [6.07, 6.45) is 15.2. The van der Waals surface area contributed by atoms with Gasteiger partial charge in [-0.15, -0.1) is 0 Å². The highest BCUT2D eigenvalue weighted by Gasteiger charge is 2.53. The predicted octanol–water partition coefficient (Wildman–Crippen LogP) is 11.8. The normalized spacial score (nSPS) is 33.5. The molecule has 1 heterocycles. The molecule has 3 saturated carbocycles. The van der Waals surface area contributed by atoms with Crippen molar-refractivity contribution in [2.45, 2.75) is 187 Å². The Balaban J connectivity index is 1.34. The Labute approximate surface area is 332 Å². The van der Waals surface area contributed by atoms with Gasteiger partial charge < -0.3 is 18.9 Å². The fraction of sp³-hybridized carbons (Fsp3) is 0.723. The van der Waals surface area contributed by atoms with Gasteiger partial charge in [0, 0.05) is 25.4 Å². The fourth-order valence-corrected chi connectivity index (χ4v) is 12.8. The van der Waals surface area contributed by atoms with E-state index in [1.807, 2.05) is 11.0 Å². The zero-order valence-corrected chi connectivity index (χ0v) is 38.6. The zero-order chi connectivity index (χ0) is 40.1. The van der Waals surface area contributed by atoms with Gasteiger partial charge in [-0.1, -0.05) is 110 Å². The lowest BCUT2D eigenvalue weighted by Gasteiger charge is -2.46. The van der Waals surface area contributed by atoms with E-state index in [-0.39, 0.29) is 39.6 Å². The monoisotopic (exact) mass is 776 g/mol. The third-order valence-corrected chi connectivity index (χ3v) is 24.4. The molecule has 0 bridgehead atoms. The smallest absolute Gasteiger partial charge is 0.254 e. The Morgan fingerprint density at radius 1 is 0.981 bits per heavy atom. The number of likely N-dealkylation sites (tertiary alicyclic amines) is 1. The molecule has 8 atom stereocenters. The molecule has 302 valence electrons. The van der Waals surface area contributed by atoms with E-state index in [9.17, 15) is 9.90 Å². The van der Waals surface area contributed by atoms with Crippen LogP contribution in [0.25, 0.3) is 0 Å². The van der Waals surface area contributed by atoms with E-state index in [1.54, 1.807) is 12.5 Å². The van der Waals surface area contributed by atoms with Crippen LogP contribution in [0.5, 0.6) is 0 Å². The van der Waals surface area contributed by atoms with Gasteiger partial charge in [0.1, 0.15) is 5.60 Å². The summed E-state index contributed by atoms with van der Waals surface area (Å²) in [6, 6.07) is 10.5. The van der Waals surface area contributed by atoms with Crippen LogP contribution in [-0.2, 0) is 20.1 Å². The molecule has 3 aliphatic carbocycles. The summed E-state index contributed by atoms with van der Waals surface area (Å²) in [5, 5.41) is 11.4. The number of carbonyl (C=O) groups excluding carboxylic acids is 1. The van der Waals surface area contributed by atoms with Crippen molar-refractivity contribution in [3.8, 4) is 0 Å². The Morgan fingerprint density at radius 2 is 1.61 bits per heavy atom. The molecule has 4 aliphatic rings. The molecule has 1 aromatic rings. The summed E-state index contributed by atoms with van der Waals surface area (Å²) in [4.78, 5) is 15.4. The molecule has 1 aliphatic heterocycles. The summed E-state index contributed by atoms with van der Waals surface area (Å²) in [5.41, 5.74) is 4.28. The average molecular weight is 776 g/mol. The van der Waals surface area contributed by atoms with Crippen molar-refractivity contribution in [1.29, 1.82) is 0 Å². The van der Waals surface area contributed by atoms with Crippen LogP contribution in [0.1, 0.15) is 126 Å². The fourth-order valence-electron chi connectivity index (χ4n) is 10.1. The maximum Gasteiger partial charge on any atom is 0.254 e. The minimum absolute atomic E-state index is 0.0112. The number of hydrogen-bond donors (Lipinski definition) is 1. The second-order valence-corrected chi connectivity index (χ2v) is 31.0. The maximum atomic E-state index is 13.4.